The number of nitrogens with zero attached hydrogens (tertiary/aromatic N) is 1. The van der Waals surface area contributed by atoms with Gasteiger partial charge in [-0.2, -0.15) is 0 Å². The molecule has 100 valence electrons. The molecule has 1 heterocycles. The van der Waals surface area contributed by atoms with Crippen LogP contribution in [0.5, 0.6) is 0 Å². The normalized spacial score (nSPS) is 11.6. The molecule has 1 aromatic heterocycles. The predicted octanol–water partition coefficient (Wildman–Crippen LogP) is 4.48. The quantitative estimate of drug-likeness (QED) is 0.908. The molecule has 2 rings (SSSR count). The van der Waals surface area contributed by atoms with Crippen LogP contribution in [0, 0.1) is 0 Å². The van der Waals surface area contributed by atoms with Gasteiger partial charge in [0.05, 0.1) is 15.7 Å². The van der Waals surface area contributed by atoms with Crippen molar-refractivity contribution >= 4 is 40.5 Å². The molecular formula is C13H11Cl2NO2S. The van der Waals surface area contributed by atoms with Crippen molar-refractivity contribution in [1.29, 1.82) is 0 Å². The van der Waals surface area contributed by atoms with Crippen molar-refractivity contribution in [3.63, 3.8) is 0 Å². The summed E-state index contributed by atoms with van der Waals surface area (Å²) in [6.07, 6.45) is 0. The summed E-state index contributed by atoms with van der Waals surface area (Å²) in [7, 11) is 0. The van der Waals surface area contributed by atoms with E-state index in [0.717, 1.165) is 0 Å². The van der Waals surface area contributed by atoms with Gasteiger partial charge < -0.3 is 5.11 Å². The van der Waals surface area contributed by atoms with Gasteiger partial charge in [-0.3, -0.25) is 4.79 Å². The summed E-state index contributed by atoms with van der Waals surface area (Å²) in [5.74, 6) is -0.922. The van der Waals surface area contributed by atoms with Crippen molar-refractivity contribution in [3.8, 4) is 10.6 Å². The molecule has 0 radical (unpaired) electrons. The van der Waals surface area contributed by atoms with Crippen molar-refractivity contribution in [2.45, 2.75) is 19.3 Å². The maximum Gasteiger partial charge on any atom is 0.315 e. The molecule has 1 aromatic carbocycles. The van der Waals surface area contributed by atoms with E-state index in [1.807, 2.05) is 0 Å². The zero-order valence-corrected chi connectivity index (χ0v) is 12.6. The van der Waals surface area contributed by atoms with Crippen LogP contribution in [-0.2, 0) is 10.2 Å². The van der Waals surface area contributed by atoms with Gasteiger partial charge in [-0.25, -0.2) is 4.98 Å². The zero-order valence-electron chi connectivity index (χ0n) is 10.3. The first-order chi connectivity index (χ1) is 8.84. The molecular weight excluding hydrogens is 305 g/mol. The molecule has 0 aliphatic rings. The van der Waals surface area contributed by atoms with Gasteiger partial charge in [0.2, 0.25) is 0 Å². The summed E-state index contributed by atoms with van der Waals surface area (Å²) >= 11 is 13.6. The average molecular weight is 316 g/mol. The number of rotatable bonds is 3. The fourth-order valence-electron chi connectivity index (χ4n) is 1.49. The highest BCUT2D eigenvalue weighted by Crippen LogP contribution is 2.38. The Hall–Kier alpha value is -1.10. The number of benzene rings is 1. The van der Waals surface area contributed by atoms with Gasteiger partial charge in [0.1, 0.15) is 10.4 Å². The molecule has 19 heavy (non-hydrogen) atoms. The molecule has 0 aliphatic heterocycles. The largest absolute Gasteiger partial charge is 0.481 e. The lowest BCUT2D eigenvalue weighted by atomic mass is 9.90. The molecule has 0 atom stereocenters. The van der Waals surface area contributed by atoms with Crippen molar-refractivity contribution in [2.24, 2.45) is 0 Å². The van der Waals surface area contributed by atoms with Gasteiger partial charge in [0.25, 0.3) is 0 Å². The monoisotopic (exact) mass is 315 g/mol. The smallest absolute Gasteiger partial charge is 0.315 e. The second kappa shape index (κ2) is 5.12. The molecule has 0 saturated heterocycles. The Balaban J connectivity index is 2.51. The van der Waals surface area contributed by atoms with Gasteiger partial charge in [0, 0.05) is 10.9 Å². The van der Waals surface area contributed by atoms with Crippen molar-refractivity contribution < 1.29 is 9.90 Å². The number of carboxylic acids is 1. The summed E-state index contributed by atoms with van der Waals surface area (Å²) in [4.78, 5) is 15.6. The Morgan fingerprint density at radius 3 is 2.42 bits per heavy atom. The van der Waals surface area contributed by atoms with E-state index in [4.69, 9.17) is 23.2 Å². The Morgan fingerprint density at radius 2 is 1.89 bits per heavy atom. The fourth-order valence-corrected chi connectivity index (χ4v) is 3.24. The van der Waals surface area contributed by atoms with E-state index in [2.05, 4.69) is 4.98 Å². The molecule has 0 aliphatic carbocycles. The molecule has 0 saturated carbocycles. The van der Waals surface area contributed by atoms with E-state index in [-0.39, 0.29) is 0 Å². The van der Waals surface area contributed by atoms with Crippen molar-refractivity contribution in [1.82, 2.24) is 4.98 Å². The minimum Gasteiger partial charge on any atom is -0.481 e. The van der Waals surface area contributed by atoms with Crippen LogP contribution in [0.15, 0.2) is 23.6 Å². The molecule has 6 heteroatoms. The molecule has 0 unspecified atom stereocenters. The molecule has 0 spiro atoms. The van der Waals surface area contributed by atoms with Crippen LogP contribution in [-0.4, -0.2) is 16.1 Å². The summed E-state index contributed by atoms with van der Waals surface area (Å²) in [6.45, 7) is 3.23. The molecule has 0 amide bonds. The lowest BCUT2D eigenvalue weighted by Gasteiger charge is -2.15. The third kappa shape index (κ3) is 2.61. The van der Waals surface area contributed by atoms with E-state index in [0.29, 0.717) is 26.3 Å². The number of carboxylic acid groups (broad SMARTS) is 1. The number of aliphatic carboxylic acids is 1. The minimum absolute atomic E-state index is 0.496. The number of halogens is 2. The Bertz CT molecular complexity index is 617. The second-order valence-corrected chi connectivity index (χ2v) is 6.24. The van der Waals surface area contributed by atoms with Crippen molar-refractivity contribution in [3.05, 3.63) is 39.3 Å². The lowest BCUT2D eigenvalue weighted by molar-refractivity contribution is -0.142. The fraction of sp³-hybridized carbons (Fsp3) is 0.231. The minimum atomic E-state index is -1.04. The Labute approximate surface area is 124 Å². The Morgan fingerprint density at radius 1 is 1.32 bits per heavy atom. The molecule has 0 fully saturated rings. The van der Waals surface area contributed by atoms with E-state index in [1.54, 1.807) is 37.4 Å². The number of hydrogen-bond donors (Lipinski definition) is 1. The predicted molar refractivity (Wildman–Crippen MR) is 78.2 cm³/mol. The van der Waals surface area contributed by atoms with Crippen LogP contribution >= 0.6 is 34.5 Å². The molecule has 2 aromatic rings. The zero-order chi connectivity index (χ0) is 14.2. The SMILES string of the molecule is CC(C)(C(=O)O)c1csc(-c2c(Cl)cccc2Cl)n1. The molecule has 0 bridgehead atoms. The summed E-state index contributed by atoms with van der Waals surface area (Å²) in [5.41, 5.74) is 0.0990. The summed E-state index contributed by atoms with van der Waals surface area (Å²) in [5, 5.41) is 12.5. The van der Waals surface area contributed by atoms with Gasteiger partial charge in [-0.1, -0.05) is 29.3 Å². The third-order valence-corrected chi connectivity index (χ3v) is 4.35. The van der Waals surface area contributed by atoms with Crippen LogP contribution in [0.4, 0.5) is 0 Å². The van der Waals surface area contributed by atoms with E-state index >= 15 is 0 Å². The Kier molecular flexibility index (Phi) is 3.85. The summed E-state index contributed by atoms with van der Waals surface area (Å²) in [6, 6.07) is 5.21. The van der Waals surface area contributed by atoms with Crippen LogP contribution in [0.2, 0.25) is 10.0 Å². The first kappa shape index (κ1) is 14.3. The van der Waals surface area contributed by atoms with Crippen LogP contribution in [0.3, 0.4) is 0 Å². The van der Waals surface area contributed by atoms with Crippen molar-refractivity contribution in [2.75, 3.05) is 0 Å². The highest BCUT2D eigenvalue weighted by atomic mass is 35.5. The first-order valence-electron chi connectivity index (χ1n) is 5.48. The maximum atomic E-state index is 11.2. The first-order valence-corrected chi connectivity index (χ1v) is 7.11. The van der Waals surface area contributed by atoms with E-state index < -0.39 is 11.4 Å². The molecule has 1 N–H and O–H groups in total. The number of carbonyl (C=O) groups is 1. The number of hydrogen-bond acceptors (Lipinski definition) is 3. The second-order valence-electron chi connectivity index (χ2n) is 4.56. The molecule has 3 nitrogen and oxygen atoms in total. The average Bonchev–Trinajstić information content (AvgIpc) is 2.78. The van der Waals surface area contributed by atoms with Crippen LogP contribution in [0.1, 0.15) is 19.5 Å². The van der Waals surface area contributed by atoms with Gasteiger partial charge in [0.15, 0.2) is 0 Å². The lowest BCUT2D eigenvalue weighted by Crippen LogP contribution is -2.28. The summed E-state index contributed by atoms with van der Waals surface area (Å²) < 4.78 is 0. The maximum absolute atomic E-state index is 11.2. The highest BCUT2D eigenvalue weighted by molar-refractivity contribution is 7.13. The number of thiazole rings is 1. The van der Waals surface area contributed by atoms with Crippen LogP contribution in [0.25, 0.3) is 10.6 Å². The van der Waals surface area contributed by atoms with Gasteiger partial charge in [-0.05, 0) is 26.0 Å². The van der Waals surface area contributed by atoms with Gasteiger partial charge >= 0.3 is 5.97 Å². The van der Waals surface area contributed by atoms with Crippen LogP contribution < -0.4 is 0 Å². The topological polar surface area (TPSA) is 50.2 Å². The van der Waals surface area contributed by atoms with E-state index in [9.17, 15) is 9.90 Å². The highest BCUT2D eigenvalue weighted by Gasteiger charge is 2.32. The van der Waals surface area contributed by atoms with E-state index in [1.165, 1.54) is 11.3 Å². The van der Waals surface area contributed by atoms with Gasteiger partial charge in [-0.15, -0.1) is 11.3 Å². The number of aromatic nitrogens is 1. The third-order valence-electron chi connectivity index (χ3n) is 2.86. The standard InChI is InChI=1S/C13H11Cl2NO2S/c1-13(2,12(17)18)9-6-19-11(16-9)10-7(14)4-3-5-8(10)15/h3-6H,1-2H3,(H,17,18).